The Morgan fingerprint density at radius 2 is 1.74 bits per heavy atom. The number of alkyl halides is 2. The van der Waals surface area contributed by atoms with Crippen LogP contribution < -0.4 is 15.4 Å². The van der Waals surface area contributed by atoms with Crippen LogP contribution in [0, 0.1) is 5.82 Å². The average molecular weight is 557 g/mol. The molecule has 0 saturated heterocycles. The second-order valence-corrected chi connectivity index (χ2v) is 8.22. The Bertz CT molecular complexity index is 1270. The van der Waals surface area contributed by atoms with Gasteiger partial charge in [0.25, 0.3) is 0 Å². The van der Waals surface area contributed by atoms with E-state index in [-0.39, 0.29) is 49.2 Å². The van der Waals surface area contributed by atoms with E-state index in [1.165, 1.54) is 53.2 Å². The van der Waals surface area contributed by atoms with E-state index in [9.17, 15) is 27.6 Å². The molecule has 38 heavy (non-hydrogen) atoms. The summed E-state index contributed by atoms with van der Waals surface area (Å²) in [7, 11) is 3.42. The molecule has 3 aromatic rings. The van der Waals surface area contributed by atoms with Crippen LogP contribution in [0.1, 0.15) is 24.6 Å². The van der Waals surface area contributed by atoms with E-state index < -0.39 is 30.5 Å². The summed E-state index contributed by atoms with van der Waals surface area (Å²) in [6.45, 7) is -1.06. The minimum atomic E-state index is -2.97. The third-order valence-electron chi connectivity index (χ3n) is 5.43. The van der Waals surface area contributed by atoms with Gasteiger partial charge in [0.15, 0.2) is 0 Å². The van der Waals surface area contributed by atoms with Gasteiger partial charge in [-0.05, 0) is 69.9 Å². The van der Waals surface area contributed by atoms with Crippen molar-refractivity contribution < 1.29 is 37.0 Å². The monoisotopic (exact) mass is 556 g/mol. The van der Waals surface area contributed by atoms with Crippen LogP contribution in [0.5, 0.6) is 5.75 Å². The Hall–Kier alpha value is -3.77. The quantitative estimate of drug-likeness (QED) is 0.326. The Labute approximate surface area is 223 Å². The van der Waals surface area contributed by atoms with Crippen LogP contribution in [0.2, 0.25) is 0 Å². The molecule has 0 spiro atoms. The topological polar surface area (TPSA) is 102 Å². The first-order valence-electron chi connectivity index (χ1n) is 11.4. The predicted octanol–water partition coefficient (Wildman–Crippen LogP) is 5.36. The number of anilines is 2. The molecule has 2 N–H and O–H groups in total. The van der Waals surface area contributed by atoms with Crippen molar-refractivity contribution in [2.45, 2.75) is 32.4 Å². The molecule has 0 aliphatic heterocycles. The van der Waals surface area contributed by atoms with Gasteiger partial charge in [0.05, 0.1) is 17.8 Å². The molecule has 0 radical (unpaired) electrons. The van der Waals surface area contributed by atoms with Crippen molar-refractivity contribution in [3.63, 3.8) is 0 Å². The van der Waals surface area contributed by atoms with E-state index in [1.807, 2.05) is 0 Å². The van der Waals surface area contributed by atoms with Gasteiger partial charge < -0.3 is 20.1 Å². The number of rotatable bonds is 10. The van der Waals surface area contributed by atoms with Crippen molar-refractivity contribution in [2.75, 3.05) is 31.3 Å². The number of carbonyl (C=O) groups is 3. The summed E-state index contributed by atoms with van der Waals surface area (Å²) in [5, 5.41) is 5.40. The number of fused-ring (bicyclic) bond motifs is 1. The van der Waals surface area contributed by atoms with Crippen molar-refractivity contribution in [2.24, 2.45) is 0 Å². The number of esters is 1. The maximum absolute atomic E-state index is 14.0. The van der Waals surface area contributed by atoms with Crippen LogP contribution in [0.25, 0.3) is 10.9 Å². The third-order valence-corrected chi connectivity index (χ3v) is 5.43. The van der Waals surface area contributed by atoms with Crippen LogP contribution in [0.15, 0.2) is 48.7 Å². The molecule has 0 bridgehead atoms. The summed E-state index contributed by atoms with van der Waals surface area (Å²) >= 11 is 0. The summed E-state index contributed by atoms with van der Waals surface area (Å²) in [5.74, 6) is -1.44. The Morgan fingerprint density at radius 1 is 1.05 bits per heavy atom. The molecule has 0 aliphatic rings. The van der Waals surface area contributed by atoms with E-state index in [2.05, 4.69) is 15.4 Å². The number of halogens is 4. The lowest BCUT2D eigenvalue weighted by Gasteiger charge is -2.22. The molecule has 0 aliphatic carbocycles. The average Bonchev–Trinajstić information content (AvgIpc) is 3.17. The molecule has 1 aromatic heterocycles. The highest BCUT2D eigenvalue weighted by Gasteiger charge is 2.24. The number of nitrogens with one attached hydrogen (secondary N) is 2. The van der Waals surface area contributed by atoms with E-state index in [4.69, 9.17) is 4.74 Å². The minimum Gasteiger partial charge on any atom is -0.465 e. The minimum absolute atomic E-state index is 0. The SMILES string of the molecule is CCOC(=O)C(CCC(=O)n1cc(NC(=O)Nc2ccc(OC(F)F)cc2)c2cc(F)ccc21)N(C)C.Cl. The van der Waals surface area contributed by atoms with Gasteiger partial charge in [-0.3, -0.25) is 19.1 Å². The maximum Gasteiger partial charge on any atom is 0.387 e. The maximum atomic E-state index is 14.0. The molecule has 13 heteroatoms. The summed E-state index contributed by atoms with van der Waals surface area (Å²) < 4.78 is 49.2. The molecule has 9 nitrogen and oxygen atoms in total. The van der Waals surface area contributed by atoms with E-state index >= 15 is 0 Å². The predicted molar refractivity (Wildman–Crippen MR) is 139 cm³/mol. The lowest BCUT2D eigenvalue weighted by Crippen LogP contribution is -2.37. The fourth-order valence-electron chi connectivity index (χ4n) is 3.72. The van der Waals surface area contributed by atoms with Gasteiger partial charge >= 0.3 is 18.6 Å². The molecule has 1 heterocycles. The first-order chi connectivity index (χ1) is 17.6. The lowest BCUT2D eigenvalue weighted by atomic mass is 10.1. The number of urea groups is 1. The molecule has 0 saturated carbocycles. The first-order valence-corrected chi connectivity index (χ1v) is 11.4. The number of amides is 2. The Balaban J connectivity index is 0.00000507. The van der Waals surface area contributed by atoms with Gasteiger partial charge in [-0.25, -0.2) is 9.18 Å². The summed E-state index contributed by atoms with van der Waals surface area (Å²) in [5.41, 5.74) is 0.832. The van der Waals surface area contributed by atoms with Crippen molar-refractivity contribution in [3.05, 3.63) is 54.5 Å². The fraction of sp³-hybridized carbons (Fsp3) is 0.320. The van der Waals surface area contributed by atoms with E-state index in [0.717, 1.165) is 0 Å². The number of hydrogen-bond donors (Lipinski definition) is 2. The van der Waals surface area contributed by atoms with Gasteiger partial charge in [0, 0.05) is 23.7 Å². The molecule has 2 aromatic carbocycles. The fourth-order valence-corrected chi connectivity index (χ4v) is 3.72. The van der Waals surface area contributed by atoms with Crippen LogP contribution in [-0.2, 0) is 9.53 Å². The highest BCUT2D eigenvalue weighted by atomic mass is 35.5. The molecule has 2 amide bonds. The summed E-state index contributed by atoms with van der Waals surface area (Å²) in [6, 6.07) is 7.74. The largest absolute Gasteiger partial charge is 0.465 e. The number of ether oxygens (including phenoxy) is 2. The molecule has 206 valence electrons. The van der Waals surface area contributed by atoms with Crippen LogP contribution in [0.3, 0.4) is 0 Å². The number of hydrogen-bond acceptors (Lipinski definition) is 6. The number of aromatic nitrogens is 1. The Kier molecular flexibility index (Phi) is 11.0. The van der Waals surface area contributed by atoms with Crippen molar-refractivity contribution in [1.29, 1.82) is 0 Å². The first kappa shape index (κ1) is 30.5. The summed E-state index contributed by atoms with van der Waals surface area (Å²) in [6.07, 6.45) is 1.56. The standard InChI is InChI=1S/C25H27F3N4O5.ClH/c1-4-36-23(34)21(31(2)3)11-12-22(33)32-14-19(18-13-15(26)5-10-20(18)32)30-25(35)29-16-6-8-17(9-7-16)37-24(27)28;/h5-10,13-14,21,24H,4,11-12H2,1-3H3,(H2,29,30,35);1H. The number of nitrogens with zero attached hydrogens (tertiary/aromatic N) is 2. The van der Waals surface area contributed by atoms with Crippen LogP contribution in [0.4, 0.5) is 29.3 Å². The molecule has 0 fully saturated rings. The highest BCUT2D eigenvalue weighted by Crippen LogP contribution is 2.28. The van der Waals surface area contributed by atoms with Crippen LogP contribution in [-0.4, -0.2) is 60.7 Å². The van der Waals surface area contributed by atoms with E-state index in [0.29, 0.717) is 16.6 Å². The second kappa shape index (κ2) is 13.7. The summed E-state index contributed by atoms with van der Waals surface area (Å²) in [4.78, 5) is 39.5. The van der Waals surface area contributed by atoms with Gasteiger partial charge in [-0.15, -0.1) is 12.4 Å². The molecule has 3 rings (SSSR count). The van der Waals surface area contributed by atoms with Gasteiger partial charge in [-0.2, -0.15) is 8.78 Å². The highest BCUT2D eigenvalue weighted by molar-refractivity contribution is 6.08. The lowest BCUT2D eigenvalue weighted by molar-refractivity contribution is -0.148. The number of likely N-dealkylation sites (N-methyl/N-ethyl adjacent to an activating group) is 1. The second-order valence-electron chi connectivity index (χ2n) is 8.22. The zero-order valence-electron chi connectivity index (χ0n) is 20.9. The van der Waals surface area contributed by atoms with Crippen molar-refractivity contribution >= 4 is 52.6 Å². The molecule has 1 unspecified atom stereocenters. The van der Waals surface area contributed by atoms with Gasteiger partial charge in [-0.1, -0.05) is 0 Å². The smallest absolute Gasteiger partial charge is 0.387 e. The third kappa shape index (κ3) is 7.86. The Morgan fingerprint density at radius 3 is 2.34 bits per heavy atom. The number of benzene rings is 2. The van der Waals surface area contributed by atoms with E-state index in [1.54, 1.807) is 25.9 Å². The number of carbonyl (C=O) groups excluding carboxylic acids is 3. The van der Waals surface area contributed by atoms with Crippen molar-refractivity contribution in [1.82, 2.24) is 9.47 Å². The zero-order chi connectivity index (χ0) is 27.1. The van der Waals surface area contributed by atoms with Gasteiger partial charge in [0.1, 0.15) is 17.6 Å². The molecular weight excluding hydrogens is 529 g/mol. The zero-order valence-corrected chi connectivity index (χ0v) is 21.7. The van der Waals surface area contributed by atoms with Gasteiger partial charge in [0.2, 0.25) is 5.91 Å². The normalized spacial score (nSPS) is 11.7. The van der Waals surface area contributed by atoms with Crippen LogP contribution >= 0.6 is 12.4 Å². The molecule has 1 atom stereocenters. The molecular formula is C25H28ClF3N4O5. The van der Waals surface area contributed by atoms with Crippen molar-refractivity contribution in [3.8, 4) is 5.75 Å².